The molecule has 0 aromatic heterocycles. The van der Waals surface area contributed by atoms with E-state index in [0.29, 0.717) is 0 Å². The van der Waals surface area contributed by atoms with Crippen LogP contribution in [-0.2, 0) is 6.42 Å². The molecule has 0 unspecified atom stereocenters. The largest absolute Gasteiger partial charge is 0.371 e. The zero-order valence-electron chi connectivity index (χ0n) is 9.38. The summed E-state index contributed by atoms with van der Waals surface area (Å²) in [7, 11) is 0. The van der Waals surface area contributed by atoms with E-state index in [1.54, 1.807) is 0 Å². The van der Waals surface area contributed by atoms with Crippen LogP contribution in [0.2, 0.25) is 0 Å². The number of benzene rings is 1. The number of hydrogen-bond donors (Lipinski definition) is 0. The van der Waals surface area contributed by atoms with Gasteiger partial charge in [-0.3, -0.25) is 0 Å². The van der Waals surface area contributed by atoms with Gasteiger partial charge in [-0.2, -0.15) is 0 Å². The van der Waals surface area contributed by atoms with E-state index < -0.39 is 0 Å². The fourth-order valence-electron chi connectivity index (χ4n) is 2.36. The number of rotatable bonds is 2. The second-order valence-corrected chi connectivity index (χ2v) is 4.67. The Kier molecular flexibility index (Phi) is 2.49. The lowest BCUT2D eigenvalue weighted by Gasteiger charge is -2.23. The van der Waals surface area contributed by atoms with Crippen molar-refractivity contribution in [1.82, 2.24) is 0 Å². The van der Waals surface area contributed by atoms with E-state index in [9.17, 15) is 0 Å². The highest BCUT2D eigenvalue weighted by Crippen LogP contribution is 2.31. The van der Waals surface area contributed by atoms with Crippen LogP contribution in [0.25, 0.3) is 0 Å². The molecule has 0 N–H and O–H groups in total. The van der Waals surface area contributed by atoms with Crippen LogP contribution < -0.4 is 4.90 Å². The van der Waals surface area contributed by atoms with Gasteiger partial charge in [-0.25, -0.2) is 0 Å². The molecule has 0 aliphatic carbocycles. The molecule has 76 valence electrons. The topological polar surface area (TPSA) is 3.24 Å². The Labute approximate surface area is 86.7 Å². The Morgan fingerprint density at radius 1 is 1.36 bits per heavy atom. The zero-order valence-corrected chi connectivity index (χ0v) is 9.38. The van der Waals surface area contributed by atoms with Crippen molar-refractivity contribution in [2.75, 3.05) is 18.0 Å². The van der Waals surface area contributed by atoms with Gasteiger partial charge in [0.2, 0.25) is 0 Å². The Morgan fingerprint density at radius 3 is 2.86 bits per heavy atom. The second-order valence-electron chi connectivity index (χ2n) is 4.67. The first-order chi connectivity index (χ1) is 6.68. The molecule has 0 saturated heterocycles. The third-order valence-electron chi connectivity index (χ3n) is 2.87. The fraction of sp³-hybridized carbons (Fsp3) is 0.538. The van der Waals surface area contributed by atoms with E-state index in [1.807, 2.05) is 0 Å². The first-order valence-electron chi connectivity index (χ1n) is 5.52. The van der Waals surface area contributed by atoms with Crippen molar-refractivity contribution in [3.8, 4) is 0 Å². The number of aryl methyl sites for hydroxylation is 1. The van der Waals surface area contributed by atoms with Crippen molar-refractivity contribution in [2.24, 2.45) is 5.92 Å². The molecule has 2 rings (SSSR count). The van der Waals surface area contributed by atoms with Gasteiger partial charge >= 0.3 is 0 Å². The van der Waals surface area contributed by atoms with Crippen LogP contribution in [0.3, 0.4) is 0 Å². The van der Waals surface area contributed by atoms with E-state index in [2.05, 4.69) is 43.9 Å². The van der Waals surface area contributed by atoms with Crippen LogP contribution in [0.15, 0.2) is 18.2 Å². The molecule has 1 aromatic carbocycles. The first kappa shape index (κ1) is 9.57. The summed E-state index contributed by atoms with van der Waals surface area (Å²) in [5.74, 6) is 0.751. The molecule has 0 amide bonds. The number of anilines is 1. The van der Waals surface area contributed by atoms with Crippen molar-refractivity contribution in [1.29, 1.82) is 0 Å². The standard InChI is InChI=1S/C13H19N/c1-10(2)9-14-8-7-12-6-4-5-11(3)13(12)14/h4-6,10H,7-9H2,1-3H3. The molecule has 0 atom stereocenters. The van der Waals surface area contributed by atoms with Crippen molar-refractivity contribution in [2.45, 2.75) is 27.2 Å². The molecule has 0 bridgehead atoms. The summed E-state index contributed by atoms with van der Waals surface area (Å²) >= 11 is 0. The second kappa shape index (κ2) is 3.64. The molecule has 1 aromatic rings. The number of nitrogens with zero attached hydrogens (tertiary/aromatic N) is 1. The minimum absolute atomic E-state index is 0.751. The number of para-hydroxylation sites is 1. The first-order valence-corrected chi connectivity index (χ1v) is 5.52. The predicted octanol–water partition coefficient (Wildman–Crippen LogP) is 3.01. The van der Waals surface area contributed by atoms with Gasteiger partial charge in [0.05, 0.1) is 0 Å². The van der Waals surface area contributed by atoms with Gasteiger partial charge in [0.1, 0.15) is 0 Å². The lowest BCUT2D eigenvalue weighted by Crippen LogP contribution is -2.25. The quantitative estimate of drug-likeness (QED) is 0.691. The molecule has 0 saturated carbocycles. The molecular weight excluding hydrogens is 170 g/mol. The Hall–Kier alpha value is -0.980. The van der Waals surface area contributed by atoms with Crippen LogP contribution in [0.4, 0.5) is 5.69 Å². The Morgan fingerprint density at radius 2 is 2.14 bits per heavy atom. The van der Waals surface area contributed by atoms with Gasteiger partial charge in [-0.15, -0.1) is 0 Å². The fourth-order valence-corrected chi connectivity index (χ4v) is 2.36. The maximum atomic E-state index is 2.54. The summed E-state index contributed by atoms with van der Waals surface area (Å²) in [6.45, 7) is 9.19. The van der Waals surface area contributed by atoms with Crippen molar-refractivity contribution in [3.05, 3.63) is 29.3 Å². The maximum absolute atomic E-state index is 2.54. The minimum atomic E-state index is 0.751. The van der Waals surface area contributed by atoms with Crippen LogP contribution in [0.1, 0.15) is 25.0 Å². The highest BCUT2D eigenvalue weighted by Gasteiger charge is 2.20. The van der Waals surface area contributed by atoms with Crippen LogP contribution in [0.5, 0.6) is 0 Å². The summed E-state index contributed by atoms with van der Waals surface area (Å²) in [5.41, 5.74) is 4.47. The highest BCUT2D eigenvalue weighted by molar-refractivity contribution is 5.62. The molecule has 0 radical (unpaired) electrons. The molecule has 1 nitrogen and oxygen atoms in total. The summed E-state index contributed by atoms with van der Waals surface area (Å²) in [5, 5.41) is 0. The normalized spacial score (nSPS) is 15.0. The molecule has 1 heterocycles. The molecule has 0 fully saturated rings. The summed E-state index contributed by atoms with van der Waals surface area (Å²) < 4.78 is 0. The lowest BCUT2D eigenvalue weighted by atomic mass is 10.1. The van der Waals surface area contributed by atoms with Crippen molar-refractivity contribution in [3.63, 3.8) is 0 Å². The number of hydrogen-bond acceptors (Lipinski definition) is 1. The van der Waals surface area contributed by atoms with Crippen LogP contribution in [0, 0.1) is 12.8 Å². The maximum Gasteiger partial charge on any atom is 0.0429 e. The highest BCUT2D eigenvalue weighted by atomic mass is 15.1. The smallest absolute Gasteiger partial charge is 0.0429 e. The van der Waals surface area contributed by atoms with E-state index in [-0.39, 0.29) is 0 Å². The zero-order chi connectivity index (χ0) is 10.1. The Balaban J connectivity index is 2.29. The summed E-state index contributed by atoms with van der Waals surface area (Å²) in [4.78, 5) is 2.54. The van der Waals surface area contributed by atoms with Crippen molar-refractivity contribution < 1.29 is 0 Å². The van der Waals surface area contributed by atoms with Crippen LogP contribution >= 0.6 is 0 Å². The van der Waals surface area contributed by atoms with Crippen molar-refractivity contribution >= 4 is 5.69 Å². The van der Waals surface area contributed by atoms with Gasteiger partial charge < -0.3 is 4.90 Å². The third-order valence-corrected chi connectivity index (χ3v) is 2.87. The molecule has 1 heteroatoms. The molecule has 0 spiro atoms. The van der Waals surface area contributed by atoms with E-state index in [1.165, 1.54) is 36.3 Å². The monoisotopic (exact) mass is 189 g/mol. The van der Waals surface area contributed by atoms with E-state index in [4.69, 9.17) is 0 Å². The van der Waals surface area contributed by atoms with Gasteiger partial charge in [-0.1, -0.05) is 32.0 Å². The van der Waals surface area contributed by atoms with Crippen LogP contribution in [-0.4, -0.2) is 13.1 Å². The number of fused-ring (bicyclic) bond motifs is 1. The predicted molar refractivity (Wildman–Crippen MR) is 61.9 cm³/mol. The summed E-state index contributed by atoms with van der Waals surface area (Å²) in [6, 6.07) is 6.66. The lowest BCUT2D eigenvalue weighted by molar-refractivity contribution is 0.621. The average Bonchev–Trinajstić information content (AvgIpc) is 2.49. The molecule has 1 aliphatic heterocycles. The van der Waals surface area contributed by atoms with E-state index in [0.717, 1.165) is 5.92 Å². The molecule has 14 heavy (non-hydrogen) atoms. The third kappa shape index (κ3) is 1.63. The van der Waals surface area contributed by atoms with Gasteiger partial charge in [0.25, 0.3) is 0 Å². The average molecular weight is 189 g/mol. The van der Waals surface area contributed by atoms with Gasteiger partial charge in [0, 0.05) is 18.8 Å². The summed E-state index contributed by atoms with van der Waals surface area (Å²) in [6.07, 6.45) is 1.23. The van der Waals surface area contributed by atoms with Gasteiger partial charge in [0.15, 0.2) is 0 Å². The SMILES string of the molecule is Cc1cccc2c1N(CC(C)C)CC2. The van der Waals surface area contributed by atoms with E-state index >= 15 is 0 Å². The van der Waals surface area contributed by atoms with Gasteiger partial charge in [-0.05, 0) is 30.4 Å². The molecule has 1 aliphatic rings. The Bertz CT molecular complexity index is 328. The molecular formula is C13H19N. The minimum Gasteiger partial charge on any atom is -0.371 e.